The smallest absolute Gasteiger partial charge is 0.337 e. The topological polar surface area (TPSA) is 84.4 Å². The van der Waals surface area contributed by atoms with Crippen LogP contribution in [-0.4, -0.2) is 47.2 Å². The number of likely N-dealkylation sites (tertiary alicyclic amines) is 1. The number of halogens is 1. The summed E-state index contributed by atoms with van der Waals surface area (Å²) in [5, 5.41) is 11.4. The molecule has 1 amide bonds. The van der Waals surface area contributed by atoms with E-state index in [0.29, 0.717) is 27.8 Å². The molecule has 0 saturated carbocycles. The molecular formula is C17H17ClN4O3. The lowest BCUT2D eigenvalue weighted by Crippen LogP contribution is -2.28. The zero-order chi connectivity index (χ0) is 17.8. The van der Waals surface area contributed by atoms with E-state index < -0.39 is 5.97 Å². The number of anilines is 2. The molecule has 0 atom stereocenters. The molecule has 3 rings (SSSR count). The van der Waals surface area contributed by atoms with Crippen LogP contribution in [0.15, 0.2) is 30.3 Å². The Hall–Kier alpha value is -2.67. The molecule has 1 N–H and O–H groups in total. The van der Waals surface area contributed by atoms with Crippen molar-refractivity contribution in [3.63, 3.8) is 0 Å². The average molecular weight is 361 g/mol. The second kappa shape index (κ2) is 7.48. The summed E-state index contributed by atoms with van der Waals surface area (Å²) < 4.78 is 4.69. The van der Waals surface area contributed by atoms with Gasteiger partial charge in [0.15, 0.2) is 11.5 Å². The molecule has 0 unspecified atom stereocenters. The molecule has 1 aromatic heterocycles. The molecule has 1 fully saturated rings. The van der Waals surface area contributed by atoms with Crippen LogP contribution in [0.1, 0.15) is 33.7 Å². The molecule has 0 aliphatic carbocycles. The third kappa shape index (κ3) is 3.88. The Morgan fingerprint density at radius 1 is 1.16 bits per heavy atom. The zero-order valence-electron chi connectivity index (χ0n) is 13.7. The van der Waals surface area contributed by atoms with Crippen LogP contribution < -0.4 is 5.32 Å². The number of esters is 1. The first kappa shape index (κ1) is 17.2. The first-order valence-corrected chi connectivity index (χ1v) is 8.24. The predicted molar refractivity (Wildman–Crippen MR) is 93.2 cm³/mol. The number of nitrogens with zero attached hydrogens (tertiary/aromatic N) is 3. The number of carbonyl (C=O) groups excluding carboxylic acids is 2. The Labute approximate surface area is 149 Å². The van der Waals surface area contributed by atoms with E-state index in [-0.39, 0.29) is 5.91 Å². The van der Waals surface area contributed by atoms with Gasteiger partial charge in [0, 0.05) is 13.1 Å². The van der Waals surface area contributed by atoms with Gasteiger partial charge >= 0.3 is 5.97 Å². The minimum absolute atomic E-state index is 0.109. The highest BCUT2D eigenvalue weighted by Crippen LogP contribution is 2.26. The third-order valence-electron chi connectivity index (χ3n) is 3.93. The molecule has 1 saturated heterocycles. The number of benzene rings is 1. The second-order valence-corrected chi connectivity index (χ2v) is 6.02. The number of amides is 1. The van der Waals surface area contributed by atoms with E-state index in [2.05, 4.69) is 15.5 Å². The lowest BCUT2D eigenvalue weighted by molar-refractivity contribution is 0.0600. The molecule has 0 spiro atoms. The summed E-state index contributed by atoms with van der Waals surface area (Å²) in [5.74, 6) is -0.151. The van der Waals surface area contributed by atoms with Crippen molar-refractivity contribution in [3.05, 3.63) is 46.6 Å². The SMILES string of the molecule is COC(=O)c1ccc(Cl)c(Nc2ccc(C(=O)N3CCCC3)nn2)c1. The monoisotopic (exact) mass is 360 g/mol. The second-order valence-electron chi connectivity index (χ2n) is 5.61. The lowest BCUT2D eigenvalue weighted by Gasteiger charge is -2.14. The Morgan fingerprint density at radius 2 is 1.92 bits per heavy atom. The van der Waals surface area contributed by atoms with Crippen molar-refractivity contribution in [2.75, 3.05) is 25.5 Å². The fraction of sp³-hybridized carbons (Fsp3) is 0.294. The highest BCUT2D eigenvalue weighted by Gasteiger charge is 2.20. The van der Waals surface area contributed by atoms with Gasteiger partial charge in [0.1, 0.15) is 0 Å². The van der Waals surface area contributed by atoms with E-state index in [1.165, 1.54) is 7.11 Å². The van der Waals surface area contributed by atoms with Crippen LogP contribution >= 0.6 is 11.6 Å². The van der Waals surface area contributed by atoms with Gasteiger partial charge in [-0.2, -0.15) is 0 Å². The van der Waals surface area contributed by atoms with Gasteiger partial charge in [0.2, 0.25) is 0 Å². The molecular weight excluding hydrogens is 344 g/mol. The minimum Gasteiger partial charge on any atom is -0.465 e. The number of methoxy groups -OCH3 is 1. The van der Waals surface area contributed by atoms with Crippen LogP contribution in [0.25, 0.3) is 0 Å². The van der Waals surface area contributed by atoms with Crippen LogP contribution in [0.2, 0.25) is 5.02 Å². The Morgan fingerprint density at radius 3 is 2.56 bits per heavy atom. The van der Waals surface area contributed by atoms with Crippen molar-refractivity contribution in [1.29, 1.82) is 0 Å². The third-order valence-corrected chi connectivity index (χ3v) is 4.26. The van der Waals surface area contributed by atoms with Gasteiger partial charge in [0.25, 0.3) is 5.91 Å². The summed E-state index contributed by atoms with van der Waals surface area (Å²) in [5.41, 5.74) is 1.17. The van der Waals surface area contributed by atoms with E-state index in [9.17, 15) is 9.59 Å². The molecule has 2 aromatic rings. The molecule has 25 heavy (non-hydrogen) atoms. The van der Waals surface area contributed by atoms with Crippen molar-refractivity contribution in [3.8, 4) is 0 Å². The first-order chi connectivity index (χ1) is 12.1. The van der Waals surface area contributed by atoms with Gasteiger partial charge in [0.05, 0.1) is 23.4 Å². The average Bonchev–Trinajstić information content (AvgIpc) is 3.17. The normalized spacial score (nSPS) is 13.6. The number of rotatable bonds is 4. The fourth-order valence-corrected chi connectivity index (χ4v) is 2.76. The summed E-state index contributed by atoms with van der Waals surface area (Å²) in [6, 6.07) is 8.00. The highest BCUT2D eigenvalue weighted by atomic mass is 35.5. The molecule has 0 bridgehead atoms. The summed E-state index contributed by atoms with van der Waals surface area (Å²) in [4.78, 5) is 25.6. The zero-order valence-corrected chi connectivity index (χ0v) is 14.4. The van der Waals surface area contributed by atoms with Crippen molar-refractivity contribution in [2.24, 2.45) is 0 Å². The van der Waals surface area contributed by atoms with Crippen molar-refractivity contribution in [2.45, 2.75) is 12.8 Å². The number of aromatic nitrogens is 2. The molecule has 0 radical (unpaired) electrons. The Kier molecular flexibility index (Phi) is 5.14. The van der Waals surface area contributed by atoms with Gasteiger partial charge in [-0.3, -0.25) is 4.79 Å². The van der Waals surface area contributed by atoms with Crippen LogP contribution in [0.3, 0.4) is 0 Å². The van der Waals surface area contributed by atoms with Crippen LogP contribution in [0, 0.1) is 0 Å². The molecule has 130 valence electrons. The van der Waals surface area contributed by atoms with Crippen molar-refractivity contribution < 1.29 is 14.3 Å². The largest absolute Gasteiger partial charge is 0.465 e. The van der Waals surface area contributed by atoms with E-state index in [4.69, 9.17) is 16.3 Å². The molecule has 2 heterocycles. The van der Waals surface area contributed by atoms with E-state index >= 15 is 0 Å². The van der Waals surface area contributed by atoms with Gasteiger partial charge in [-0.25, -0.2) is 4.79 Å². The fourth-order valence-electron chi connectivity index (χ4n) is 2.60. The summed E-state index contributed by atoms with van der Waals surface area (Å²) >= 11 is 6.14. The van der Waals surface area contributed by atoms with Crippen LogP contribution in [-0.2, 0) is 4.74 Å². The minimum atomic E-state index is -0.461. The van der Waals surface area contributed by atoms with Gasteiger partial charge in [-0.15, -0.1) is 10.2 Å². The summed E-state index contributed by atoms with van der Waals surface area (Å²) in [6.07, 6.45) is 2.04. The number of hydrogen-bond donors (Lipinski definition) is 1. The maximum atomic E-state index is 12.3. The predicted octanol–water partition coefficient (Wildman–Crippen LogP) is 2.90. The Balaban J connectivity index is 1.75. The molecule has 1 aliphatic rings. The van der Waals surface area contributed by atoms with E-state index in [1.807, 2.05) is 0 Å². The molecule has 7 nitrogen and oxygen atoms in total. The van der Waals surface area contributed by atoms with Crippen molar-refractivity contribution in [1.82, 2.24) is 15.1 Å². The van der Waals surface area contributed by atoms with Crippen LogP contribution in [0.5, 0.6) is 0 Å². The summed E-state index contributed by atoms with van der Waals surface area (Å²) in [6.45, 7) is 1.52. The highest BCUT2D eigenvalue weighted by molar-refractivity contribution is 6.33. The maximum Gasteiger partial charge on any atom is 0.337 e. The summed E-state index contributed by atoms with van der Waals surface area (Å²) in [7, 11) is 1.31. The Bertz CT molecular complexity index is 789. The van der Waals surface area contributed by atoms with Gasteiger partial charge < -0.3 is 15.0 Å². The number of ether oxygens (including phenoxy) is 1. The number of hydrogen-bond acceptors (Lipinski definition) is 6. The number of carbonyl (C=O) groups is 2. The first-order valence-electron chi connectivity index (χ1n) is 7.86. The molecule has 8 heteroatoms. The quantitative estimate of drug-likeness (QED) is 0.844. The van der Waals surface area contributed by atoms with Gasteiger partial charge in [-0.1, -0.05) is 11.6 Å². The lowest BCUT2D eigenvalue weighted by atomic mass is 10.2. The van der Waals surface area contributed by atoms with E-state index in [1.54, 1.807) is 35.2 Å². The standard InChI is InChI=1S/C17H17ClN4O3/c1-25-17(24)11-4-5-12(18)14(10-11)19-15-7-6-13(20-21-15)16(23)22-8-2-3-9-22/h4-7,10H,2-3,8-9H2,1H3,(H,19,21). The van der Waals surface area contributed by atoms with E-state index in [0.717, 1.165) is 25.9 Å². The number of nitrogens with one attached hydrogen (secondary N) is 1. The molecule has 1 aromatic carbocycles. The van der Waals surface area contributed by atoms with Crippen LogP contribution in [0.4, 0.5) is 11.5 Å². The maximum absolute atomic E-state index is 12.3. The molecule has 1 aliphatic heterocycles. The van der Waals surface area contributed by atoms with Crippen molar-refractivity contribution >= 4 is 35.0 Å². The van der Waals surface area contributed by atoms with Gasteiger partial charge in [-0.05, 0) is 43.2 Å².